The monoisotopic (exact) mass is 445 g/mol. The molecule has 3 rings (SSSR count). The third-order valence-electron chi connectivity index (χ3n) is 5.40. The van der Waals surface area contributed by atoms with Gasteiger partial charge in [0.2, 0.25) is 21.8 Å². The standard InChI is InChI=1S/C22H27N3O5S/c1-16-5-7-17(8-6-16)13-23-21(27)22(2)15-24(31(4,28)29)14-20(26)25(22)18-9-11-19(30-3)12-10-18/h5-12H,13-15H2,1-4H3,(H,23,27). The second kappa shape index (κ2) is 8.68. The topological polar surface area (TPSA) is 96.0 Å². The molecule has 1 saturated heterocycles. The van der Waals surface area contributed by atoms with E-state index >= 15 is 0 Å². The maximum atomic E-state index is 13.3. The van der Waals surface area contributed by atoms with Gasteiger partial charge in [-0.25, -0.2) is 8.42 Å². The van der Waals surface area contributed by atoms with Crippen LogP contribution in [0.25, 0.3) is 0 Å². The van der Waals surface area contributed by atoms with Crippen LogP contribution < -0.4 is 15.0 Å². The van der Waals surface area contributed by atoms with Gasteiger partial charge in [-0.2, -0.15) is 4.31 Å². The molecule has 9 heteroatoms. The van der Waals surface area contributed by atoms with Crippen LogP contribution >= 0.6 is 0 Å². The number of methoxy groups -OCH3 is 1. The highest BCUT2D eigenvalue weighted by Gasteiger charge is 2.50. The van der Waals surface area contributed by atoms with Crippen LogP contribution in [0.5, 0.6) is 5.75 Å². The lowest BCUT2D eigenvalue weighted by molar-refractivity contribution is -0.133. The van der Waals surface area contributed by atoms with Crippen LogP contribution in [-0.2, 0) is 26.2 Å². The number of anilines is 1. The van der Waals surface area contributed by atoms with E-state index in [1.54, 1.807) is 31.2 Å². The van der Waals surface area contributed by atoms with Gasteiger partial charge in [0.05, 0.1) is 19.9 Å². The number of amides is 2. The summed E-state index contributed by atoms with van der Waals surface area (Å²) in [5.74, 6) is -0.308. The van der Waals surface area contributed by atoms with Crippen molar-refractivity contribution in [2.45, 2.75) is 25.9 Å². The lowest BCUT2D eigenvalue weighted by Gasteiger charge is -2.46. The van der Waals surface area contributed by atoms with Crippen LogP contribution in [0.2, 0.25) is 0 Å². The first-order chi connectivity index (χ1) is 14.5. The molecule has 8 nitrogen and oxygen atoms in total. The Morgan fingerprint density at radius 3 is 2.29 bits per heavy atom. The molecular formula is C22H27N3O5S. The zero-order chi connectivity index (χ0) is 22.8. The van der Waals surface area contributed by atoms with Crippen LogP contribution in [0.3, 0.4) is 0 Å². The fourth-order valence-corrected chi connectivity index (χ4v) is 4.44. The van der Waals surface area contributed by atoms with E-state index in [1.165, 1.54) is 12.0 Å². The summed E-state index contributed by atoms with van der Waals surface area (Å²) >= 11 is 0. The second-order valence-electron chi connectivity index (χ2n) is 7.90. The van der Waals surface area contributed by atoms with E-state index in [9.17, 15) is 18.0 Å². The molecule has 1 unspecified atom stereocenters. The first-order valence-corrected chi connectivity index (χ1v) is 11.7. The van der Waals surface area contributed by atoms with E-state index in [-0.39, 0.29) is 19.6 Å². The Morgan fingerprint density at radius 2 is 1.74 bits per heavy atom. The number of benzene rings is 2. The lowest BCUT2D eigenvalue weighted by atomic mass is 9.94. The number of piperazine rings is 1. The average Bonchev–Trinajstić information content (AvgIpc) is 2.72. The molecule has 0 aromatic heterocycles. The van der Waals surface area contributed by atoms with Crippen LogP contribution in [-0.4, -0.2) is 56.5 Å². The first kappa shape index (κ1) is 22.8. The van der Waals surface area contributed by atoms with Crippen LogP contribution in [0.4, 0.5) is 5.69 Å². The SMILES string of the molecule is COc1ccc(N2C(=O)CN(S(C)(=O)=O)CC2(C)C(=O)NCc2ccc(C)cc2)cc1. The van der Waals surface area contributed by atoms with Crippen molar-refractivity contribution in [3.63, 3.8) is 0 Å². The van der Waals surface area contributed by atoms with Crippen molar-refractivity contribution < 1.29 is 22.7 Å². The number of rotatable bonds is 6. The van der Waals surface area contributed by atoms with Gasteiger partial charge in [0, 0.05) is 18.8 Å². The van der Waals surface area contributed by atoms with Gasteiger partial charge in [-0.3, -0.25) is 14.5 Å². The quantitative estimate of drug-likeness (QED) is 0.730. The molecule has 1 N–H and O–H groups in total. The number of hydrogen-bond acceptors (Lipinski definition) is 5. The number of aryl methyl sites for hydroxylation is 1. The number of carbonyl (C=O) groups is 2. The number of hydrogen-bond donors (Lipinski definition) is 1. The van der Waals surface area contributed by atoms with Gasteiger partial charge >= 0.3 is 0 Å². The van der Waals surface area contributed by atoms with Crippen LogP contribution in [0, 0.1) is 6.92 Å². The molecule has 0 saturated carbocycles. The third-order valence-corrected chi connectivity index (χ3v) is 6.60. The van der Waals surface area contributed by atoms with Gasteiger partial charge in [0.15, 0.2) is 0 Å². The zero-order valence-corrected chi connectivity index (χ0v) is 18.9. The van der Waals surface area contributed by atoms with Crippen molar-refractivity contribution in [2.75, 3.05) is 31.4 Å². The van der Waals surface area contributed by atoms with Crippen molar-refractivity contribution in [2.24, 2.45) is 0 Å². The molecule has 1 heterocycles. The van der Waals surface area contributed by atoms with E-state index in [2.05, 4.69) is 5.32 Å². The molecule has 2 aromatic rings. The summed E-state index contributed by atoms with van der Waals surface area (Å²) in [5.41, 5.74) is 1.07. The van der Waals surface area contributed by atoms with Gasteiger partial charge in [0.1, 0.15) is 11.3 Å². The molecule has 1 aliphatic rings. The Balaban J connectivity index is 1.93. The average molecular weight is 446 g/mol. The fraction of sp³-hybridized carbons (Fsp3) is 0.364. The van der Waals surface area contributed by atoms with Crippen LogP contribution in [0.1, 0.15) is 18.1 Å². The summed E-state index contributed by atoms with van der Waals surface area (Å²) in [6.07, 6.45) is 1.04. The predicted octanol–water partition coefficient (Wildman–Crippen LogP) is 1.69. The summed E-state index contributed by atoms with van der Waals surface area (Å²) in [6, 6.07) is 14.5. The Morgan fingerprint density at radius 1 is 1.13 bits per heavy atom. The molecule has 166 valence electrons. The zero-order valence-electron chi connectivity index (χ0n) is 18.1. The van der Waals surface area contributed by atoms with Gasteiger partial charge < -0.3 is 10.1 Å². The van der Waals surface area contributed by atoms with Crippen molar-refractivity contribution in [1.82, 2.24) is 9.62 Å². The van der Waals surface area contributed by atoms with E-state index < -0.39 is 27.4 Å². The third kappa shape index (κ3) is 4.88. The highest BCUT2D eigenvalue weighted by Crippen LogP contribution is 2.31. The maximum Gasteiger partial charge on any atom is 0.247 e. The molecule has 31 heavy (non-hydrogen) atoms. The lowest BCUT2D eigenvalue weighted by Crippen LogP contribution is -2.70. The maximum absolute atomic E-state index is 13.3. The highest BCUT2D eigenvalue weighted by atomic mass is 32.2. The Hall–Kier alpha value is -2.91. The smallest absolute Gasteiger partial charge is 0.247 e. The van der Waals surface area contributed by atoms with Crippen molar-refractivity contribution >= 4 is 27.5 Å². The van der Waals surface area contributed by atoms with Gasteiger partial charge in [-0.1, -0.05) is 29.8 Å². The number of ether oxygens (including phenoxy) is 1. The Kier molecular flexibility index (Phi) is 6.38. The van der Waals surface area contributed by atoms with Crippen LogP contribution in [0.15, 0.2) is 48.5 Å². The minimum Gasteiger partial charge on any atom is -0.497 e. The number of carbonyl (C=O) groups excluding carboxylic acids is 2. The minimum absolute atomic E-state index is 0.149. The molecule has 0 aliphatic carbocycles. The largest absolute Gasteiger partial charge is 0.497 e. The Bertz CT molecular complexity index is 1070. The van der Waals surface area contributed by atoms with Gasteiger partial charge in [-0.15, -0.1) is 0 Å². The highest BCUT2D eigenvalue weighted by molar-refractivity contribution is 7.88. The molecule has 1 atom stereocenters. The van der Waals surface area contributed by atoms with E-state index in [0.717, 1.165) is 21.7 Å². The van der Waals surface area contributed by atoms with Gasteiger partial charge in [-0.05, 0) is 43.7 Å². The van der Waals surface area contributed by atoms with Gasteiger partial charge in [0.25, 0.3) is 0 Å². The summed E-state index contributed by atoms with van der Waals surface area (Å²) in [7, 11) is -2.13. The van der Waals surface area contributed by atoms with Crippen molar-refractivity contribution in [3.05, 3.63) is 59.7 Å². The molecule has 0 spiro atoms. The number of nitrogens with one attached hydrogen (secondary N) is 1. The van der Waals surface area contributed by atoms with E-state index in [1.807, 2.05) is 31.2 Å². The molecular weight excluding hydrogens is 418 g/mol. The summed E-state index contributed by atoms with van der Waals surface area (Å²) in [5, 5.41) is 2.86. The molecule has 1 fully saturated rings. The molecule has 1 aliphatic heterocycles. The molecule has 0 radical (unpaired) electrons. The normalized spacial score (nSPS) is 19.9. The Labute approximate surface area is 182 Å². The number of nitrogens with zero attached hydrogens (tertiary/aromatic N) is 2. The second-order valence-corrected chi connectivity index (χ2v) is 9.88. The van der Waals surface area contributed by atoms with Crippen molar-refractivity contribution in [1.29, 1.82) is 0 Å². The fourth-order valence-electron chi connectivity index (χ4n) is 3.61. The van der Waals surface area contributed by atoms with E-state index in [0.29, 0.717) is 11.4 Å². The minimum atomic E-state index is -3.67. The summed E-state index contributed by atoms with van der Waals surface area (Å²) in [4.78, 5) is 27.8. The van der Waals surface area contributed by atoms with Crippen molar-refractivity contribution in [3.8, 4) is 5.75 Å². The molecule has 0 bridgehead atoms. The number of sulfonamides is 1. The predicted molar refractivity (Wildman–Crippen MR) is 118 cm³/mol. The summed E-state index contributed by atoms with van der Waals surface area (Å²) in [6.45, 7) is 3.34. The molecule has 2 aromatic carbocycles. The molecule has 2 amide bonds. The van der Waals surface area contributed by atoms with E-state index in [4.69, 9.17) is 4.74 Å². The summed E-state index contributed by atoms with van der Waals surface area (Å²) < 4.78 is 30.6. The first-order valence-electron chi connectivity index (χ1n) is 9.81.